The first-order valence-electron chi connectivity index (χ1n) is 6.27. The van der Waals surface area contributed by atoms with Gasteiger partial charge in [-0.2, -0.15) is 13.2 Å². The molecule has 5 heteroatoms. The van der Waals surface area contributed by atoms with Gasteiger partial charge < -0.3 is 9.47 Å². The Morgan fingerprint density at radius 2 is 1.74 bits per heavy atom. The predicted molar refractivity (Wildman–Crippen MR) is 65.0 cm³/mol. The summed E-state index contributed by atoms with van der Waals surface area (Å²) in [7, 11) is 0. The molecule has 1 aliphatic heterocycles. The molecule has 2 nitrogen and oxygen atoms in total. The molecule has 106 valence electrons. The summed E-state index contributed by atoms with van der Waals surface area (Å²) >= 11 is 0. The average molecular weight is 274 g/mol. The van der Waals surface area contributed by atoms with Gasteiger partial charge in [-0.25, -0.2) is 0 Å². The van der Waals surface area contributed by atoms with E-state index in [2.05, 4.69) is 0 Å². The molecule has 0 amide bonds. The van der Waals surface area contributed by atoms with Gasteiger partial charge in [0.25, 0.3) is 0 Å². The lowest BCUT2D eigenvalue weighted by molar-refractivity contribution is -0.224. The van der Waals surface area contributed by atoms with Crippen LogP contribution in [0.4, 0.5) is 13.2 Å². The second kappa shape index (κ2) is 5.51. The van der Waals surface area contributed by atoms with Crippen molar-refractivity contribution in [2.45, 2.75) is 38.1 Å². The molecule has 1 fully saturated rings. The van der Waals surface area contributed by atoms with Crippen molar-refractivity contribution < 1.29 is 22.6 Å². The number of benzene rings is 1. The van der Waals surface area contributed by atoms with Gasteiger partial charge in [-0.1, -0.05) is 38.1 Å². The first kappa shape index (κ1) is 14.3. The molecule has 1 heterocycles. The number of hydrogen-bond acceptors (Lipinski definition) is 2. The van der Waals surface area contributed by atoms with Crippen LogP contribution in [-0.2, 0) is 9.47 Å². The highest BCUT2D eigenvalue weighted by atomic mass is 19.4. The van der Waals surface area contributed by atoms with Crippen molar-refractivity contribution in [2.24, 2.45) is 0 Å². The average Bonchev–Trinajstić information content (AvgIpc) is 3.12. The molecule has 0 N–H and O–H groups in total. The summed E-state index contributed by atoms with van der Waals surface area (Å²) in [5.41, 5.74) is 1.15. The van der Waals surface area contributed by atoms with E-state index in [0.29, 0.717) is 12.5 Å². The highest BCUT2D eigenvalue weighted by Crippen LogP contribution is 2.36. The van der Waals surface area contributed by atoms with Crippen molar-refractivity contribution in [3.8, 4) is 0 Å². The smallest absolute Gasteiger partial charge is 0.371 e. The Bertz CT molecular complexity index is 408. The minimum Gasteiger partial charge on any atom is -0.371 e. The highest BCUT2D eigenvalue weighted by Gasteiger charge is 2.43. The number of hydrogen-bond donors (Lipinski definition) is 0. The van der Waals surface area contributed by atoms with E-state index in [1.165, 1.54) is 12.1 Å². The fourth-order valence-corrected chi connectivity index (χ4v) is 1.80. The van der Waals surface area contributed by atoms with Crippen LogP contribution in [0.3, 0.4) is 0 Å². The summed E-state index contributed by atoms with van der Waals surface area (Å²) in [6.07, 6.45) is -6.47. The quantitative estimate of drug-likeness (QED) is 0.761. The Hall–Kier alpha value is -1.07. The van der Waals surface area contributed by atoms with Crippen molar-refractivity contribution >= 4 is 0 Å². The van der Waals surface area contributed by atoms with E-state index in [1.807, 2.05) is 13.8 Å². The zero-order chi connectivity index (χ0) is 14.0. The van der Waals surface area contributed by atoms with Gasteiger partial charge in [-0.15, -0.1) is 0 Å². The maximum atomic E-state index is 13.0. The second-order valence-electron chi connectivity index (χ2n) is 5.03. The third-order valence-electron chi connectivity index (χ3n) is 3.05. The standard InChI is InChI=1S/C14H17F3O2/c1-9(2)10-3-5-11(6-4-10)13(14(15,16)17)19-8-12-7-18-12/h3-6,9,12-13H,7-8H2,1-2H3. The normalized spacial score (nSPS) is 20.6. The molecule has 0 aromatic heterocycles. The van der Waals surface area contributed by atoms with E-state index in [1.54, 1.807) is 12.1 Å². The Labute approximate surface area is 110 Å². The molecule has 1 aromatic rings. The lowest BCUT2D eigenvalue weighted by Gasteiger charge is -2.21. The van der Waals surface area contributed by atoms with Gasteiger partial charge >= 0.3 is 6.18 Å². The topological polar surface area (TPSA) is 21.8 Å². The molecular formula is C14H17F3O2. The van der Waals surface area contributed by atoms with Crippen LogP contribution in [0.15, 0.2) is 24.3 Å². The van der Waals surface area contributed by atoms with Crippen LogP contribution in [0.5, 0.6) is 0 Å². The van der Waals surface area contributed by atoms with E-state index >= 15 is 0 Å². The maximum absolute atomic E-state index is 13.0. The van der Waals surface area contributed by atoms with Crippen LogP contribution < -0.4 is 0 Å². The monoisotopic (exact) mass is 274 g/mol. The molecule has 1 aliphatic rings. The third-order valence-corrected chi connectivity index (χ3v) is 3.05. The minimum absolute atomic E-state index is 0.0177. The summed E-state index contributed by atoms with van der Waals surface area (Å²) in [5, 5.41) is 0. The Morgan fingerprint density at radius 3 is 2.16 bits per heavy atom. The molecule has 1 aromatic carbocycles. The van der Waals surface area contributed by atoms with Crippen LogP contribution in [0, 0.1) is 0 Å². The van der Waals surface area contributed by atoms with Crippen LogP contribution in [-0.4, -0.2) is 25.5 Å². The molecule has 0 saturated carbocycles. The van der Waals surface area contributed by atoms with Crippen molar-refractivity contribution in [1.82, 2.24) is 0 Å². The summed E-state index contributed by atoms with van der Waals surface area (Å²) in [5.74, 6) is 0.291. The van der Waals surface area contributed by atoms with Crippen LogP contribution in [0.1, 0.15) is 37.0 Å². The number of epoxide rings is 1. The number of rotatable bonds is 5. The molecule has 0 radical (unpaired) electrons. The lowest BCUT2D eigenvalue weighted by atomic mass is 10.00. The molecule has 2 rings (SSSR count). The van der Waals surface area contributed by atoms with Gasteiger partial charge in [0.1, 0.15) is 6.10 Å². The van der Waals surface area contributed by atoms with E-state index in [-0.39, 0.29) is 18.3 Å². The fourth-order valence-electron chi connectivity index (χ4n) is 1.80. The van der Waals surface area contributed by atoms with Crippen molar-refractivity contribution in [3.63, 3.8) is 0 Å². The SMILES string of the molecule is CC(C)c1ccc(C(OCC2CO2)C(F)(F)F)cc1. The van der Waals surface area contributed by atoms with E-state index in [4.69, 9.17) is 9.47 Å². The maximum Gasteiger partial charge on any atom is 0.418 e. The van der Waals surface area contributed by atoms with Gasteiger partial charge in [0, 0.05) is 0 Å². The Morgan fingerprint density at radius 1 is 1.21 bits per heavy atom. The van der Waals surface area contributed by atoms with Crippen LogP contribution >= 0.6 is 0 Å². The molecule has 0 bridgehead atoms. The van der Waals surface area contributed by atoms with E-state index in [0.717, 1.165) is 5.56 Å². The van der Waals surface area contributed by atoms with Crippen LogP contribution in [0.25, 0.3) is 0 Å². The Balaban J connectivity index is 2.11. The van der Waals surface area contributed by atoms with Crippen molar-refractivity contribution in [2.75, 3.05) is 13.2 Å². The zero-order valence-corrected chi connectivity index (χ0v) is 10.9. The third kappa shape index (κ3) is 3.94. The van der Waals surface area contributed by atoms with Gasteiger partial charge in [-0.05, 0) is 17.0 Å². The number of alkyl halides is 3. The van der Waals surface area contributed by atoms with Crippen molar-refractivity contribution in [3.05, 3.63) is 35.4 Å². The zero-order valence-electron chi connectivity index (χ0n) is 10.9. The largest absolute Gasteiger partial charge is 0.418 e. The minimum atomic E-state index is -4.41. The molecule has 2 unspecified atom stereocenters. The molecule has 1 saturated heterocycles. The summed E-state index contributed by atoms with van der Waals surface area (Å²) in [4.78, 5) is 0. The first-order valence-corrected chi connectivity index (χ1v) is 6.27. The van der Waals surface area contributed by atoms with Gasteiger partial charge in [0.05, 0.1) is 13.2 Å². The van der Waals surface area contributed by atoms with Crippen LogP contribution in [0.2, 0.25) is 0 Å². The van der Waals surface area contributed by atoms with Gasteiger partial charge in [0.2, 0.25) is 0 Å². The van der Waals surface area contributed by atoms with Gasteiger partial charge in [0.15, 0.2) is 6.10 Å². The summed E-state index contributed by atoms with van der Waals surface area (Å²) in [6.45, 7) is 4.46. The van der Waals surface area contributed by atoms with Crippen molar-refractivity contribution in [1.29, 1.82) is 0 Å². The fraction of sp³-hybridized carbons (Fsp3) is 0.571. The highest BCUT2D eigenvalue weighted by molar-refractivity contribution is 5.27. The number of ether oxygens (including phenoxy) is 2. The lowest BCUT2D eigenvalue weighted by Crippen LogP contribution is -2.25. The second-order valence-corrected chi connectivity index (χ2v) is 5.03. The predicted octanol–water partition coefficient (Wildman–Crippen LogP) is 3.83. The number of halogens is 3. The molecule has 19 heavy (non-hydrogen) atoms. The summed E-state index contributed by atoms with van der Waals surface area (Å²) < 4.78 is 48.7. The first-order chi connectivity index (χ1) is 8.88. The molecule has 2 atom stereocenters. The molecular weight excluding hydrogens is 257 g/mol. The van der Waals surface area contributed by atoms with Gasteiger partial charge in [-0.3, -0.25) is 0 Å². The van der Waals surface area contributed by atoms with E-state index < -0.39 is 12.3 Å². The molecule has 0 spiro atoms. The van der Waals surface area contributed by atoms with E-state index in [9.17, 15) is 13.2 Å². The molecule has 0 aliphatic carbocycles. The Kier molecular flexibility index (Phi) is 4.16. The summed E-state index contributed by atoms with van der Waals surface area (Å²) in [6, 6.07) is 6.41.